The zero-order valence-electron chi connectivity index (χ0n) is 18.4. The molecule has 31 heavy (non-hydrogen) atoms. The van der Waals surface area contributed by atoms with Crippen LogP contribution in [0.5, 0.6) is 0 Å². The highest BCUT2D eigenvalue weighted by molar-refractivity contribution is 8.02. The van der Waals surface area contributed by atoms with Gasteiger partial charge < -0.3 is 10.2 Å². The normalized spacial score (nSPS) is 22.2. The highest BCUT2D eigenvalue weighted by Crippen LogP contribution is 2.39. The van der Waals surface area contributed by atoms with Crippen LogP contribution in [0.1, 0.15) is 27.2 Å². The quantitative estimate of drug-likeness (QED) is 0.704. The van der Waals surface area contributed by atoms with E-state index in [0.29, 0.717) is 0 Å². The lowest BCUT2D eigenvalue weighted by Gasteiger charge is -2.44. The number of amides is 2. The molecule has 0 saturated carbocycles. The Morgan fingerprint density at radius 3 is 2.16 bits per heavy atom. The first-order valence-corrected chi connectivity index (χ1v) is 13.6. The lowest BCUT2D eigenvalue weighted by Crippen LogP contribution is -2.67. The van der Waals surface area contributed by atoms with Gasteiger partial charge in [0.25, 0.3) is 8.32 Å². The first-order chi connectivity index (χ1) is 14.8. The zero-order chi connectivity index (χ0) is 22.1. The molecule has 1 unspecified atom stereocenters. The van der Waals surface area contributed by atoms with Crippen LogP contribution in [0.2, 0.25) is 5.04 Å². The van der Waals surface area contributed by atoms with Crippen molar-refractivity contribution in [3.05, 3.63) is 72.3 Å². The van der Waals surface area contributed by atoms with Crippen molar-refractivity contribution in [3.8, 4) is 0 Å². The summed E-state index contributed by atoms with van der Waals surface area (Å²) in [6.45, 7) is 8.58. The molecule has 2 heterocycles. The Labute approximate surface area is 190 Å². The van der Waals surface area contributed by atoms with Gasteiger partial charge in [0.2, 0.25) is 0 Å². The van der Waals surface area contributed by atoms with Crippen molar-refractivity contribution in [2.75, 3.05) is 13.1 Å². The molecule has 2 aromatic rings. The van der Waals surface area contributed by atoms with Gasteiger partial charge in [0.05, 0.1) is 6.10 Å². The minimum Gasteiger partial charge on any atom is -0.403 e. The Hall–Kier alpha value is -2.06. The molecule has 2 N–H and O–H groups in total. The van der Waals surface area contributed by atoms with Crippen molar-refractivity contribution in [2.24, 2.45) is 5.73 Å². The first kappa shape index (κ1) is 22.1. The summed E-state index contributed by atoms with van der Waals surface area (Å²) in [7, 11) is -2.58. The molecule has 0 bridgehead atoms. The second kappa shape index (κ2) is 8.82. The van der Waals surface area contributed by atoms with Gasteiger partial charge in [-0.2, -0.15) is 0 Å². The fraction of sp³-hybridized carbons (Fsp3) is 0.375. The van der Waals surface area contributed by atoms with Crippen LogP contribution < -0.4 is 16.1 Å². The number of thioether (sulfide) groups is 1. The number of primary amides is 1. The number of benzene rings is 2. The van der Waals surface area contributed by atoms with E-state index in [1.54, 1.807) is 22.9 Å². The van der Waals surface area contributed by atoms with Crippen LogP contribution in [0.15, 0.2) is 72.3 Å². The summed E-state index contributed by atoms with van der Waals surface area (Å²) in [4.78, 5) is 15.7. The maximum absolute atomic E-state index is 11.8. The van der Waals surface area contributed by atoms with Crippen LogP contribution in [0.25, 0.3) is 0 Å². The Balaban J connectivity index is 1.66. The van der Waals surface area contributed by atoms with Crippen LogP contribution in [0, 0.1) is 0 Å². The molecule has 2 aliphatic heterocycles. The highest BCUT2D eigenvalue weighted by atomic mass is 32.2. The number of carbonyl (C=O) groups is 1. The molecule has 1 fully saturated rings. The Kier molecular flexibility index (Phi) is 6.30. The number of hydrogen-bond donors (Lipinski definition) is 1. The number of rotatable bonds is 5. The molecule has 0 spiro atoms. The molecule has 2 atom stereocenters. The molecular formula is C24H31N3O2SSi. The molecule has 2 amide bonds. The topological polar surface area (TPSA) is 58.8 Å². The fourth-order valence-electron chi connectivity index (χ4n) is 4.75. The predicted octanol–water partition coefficient (Wildman–Crippen LogP) is 3.52. The largest absolute Gasteiger partial charge is 0.403 e. The van der Waals surface area contributed by atoms with Crippen molar-refractivity contribution < 1.29 is 9.22 Å². The number of carbonyl (C=O) groups excluding carboxylic acids is 1. The lowest BCUT2D eigenvalue weighted by atomic mass is 10.2. The van der Waals surface area contributed by atoms with Crippen molar-refractivity contribution in [2.45, 2.75) is 43.8 Å². The number of nitrogens with two attached hydrogens (primary N) is 1. The summed E-state index contributed by atoms with van der Waals surface area (Å²) >= 11 is 1.62. The molecule has 7 heteroatoms. The summed E-state index contributed by atoms with van der Waals surface area (Å²) in [5.74, 6) is 0. The van der Waals surface area contributed by atoms with E-state index in [9.17, 15) is 4.79 Å². The third-order valence-corrected chi connectivity index (χ3v) is 12.3. The molecule has 2 aromatic carbocycles. The van der Waals surface area contributed by atoms with Crippen molar-refractivity contribution in [1.82, 2.24) is 9.80 Å². The number of likely N-dealkylation sites (tertiary alicyclic amines) is 1. The van der Waals surface area contributed by atoms with Gasteiger partial charge in [-0.25, -0.2) is 4.79 Å². The van der Waals surface area contributed by atoms with E-state index in [0.717, 1.165) is 19.5 Å². The standard InChI is InChI=1S/C24H31N3O2SSi/c1-24(2,3)31(20-10-6-4-7-11-20,21-12-8-5-9-13-21)29-19-14-15-26(18-19)23-27(22(25)28)16-17-30-23/h4-13,16-17,19,23H,14-15,18H2,1-3H3,(H2,25,28)/t19-,23?/m0/s1. The number of nitrogens with zero attached hydrogens (tertiary/aromatic N) is 2. The molecule has 164 valence electrons. The van der Waals surface area contributed by atoms with E-state index < -0.39 is 14.3 Å². The minimum absolute atomic E-state index is 0.0496. The summed E-state index contributed by atoms with van der Waals surface area (Å²) in [5.41, 5.74) is 5.49. The van der Waals surface area contributed by atoms with Crippen molar-refractivity contribution >= 4 is 36.5 Å². The Bertz CT molecular complexity index is 893. The van der Waals surface area contributed by atoms with Gasteiger partial charge in [-0.3, -0.25) is 9.80 Å². The van der Waals surface area contributed by atoms with Gasteiger partial charge in [0.1, 0.15) is 5.50 Å². The molecule has 0 aliphatic carbocycles. The predicted molar refractivity (Wildman–Crippen MR) is 131 cm³/mol. The summed E-state index contributed by atoms with van der Waals surface area (Å²) < 4.78 is 7.25. The number of hydrogen-bond acceptors (Lipinski definition) is 4. The van der Waals surface area contributed by atoms with Gasteiger partial charge in [0.15, 0.2) is 0 Å². The van der Waals surface area contributed by atoms with Crippen molar-refractivity contribution in [1.29, 1.82) is 0 Å². The van der Waals surface area contributed by atoms with E-state index >= 15 is 0 Å². The molecule has 1 saturated heterocycles. The fourth-order valence-corrected chi connectivity index (χ4v) is 10.5. The summed E-state index contributed by atoms with van der Waals surface area (Å²) in [5, 5.41) is 4.48. The smallest absolute Gasteiger partial charge is 0.320 e. The van der Waals surface area contributed by atoms with E-state index in [-0.39, 0.29) is 16.6 Å². The maximum atomic E-state index is 11.8. The first-order valence-electron chi connectivity index (χ1n) is 10.8. The molecule has 4 rings (SSSR count). The average Bonchev–Trinajstić information content (AvgIpc) is 3.42. The summed E-state index contributed by atoms with van der Waals surface area (Å²) in [6.07, 6.45) is 2.81. The van der Waals surface area contributed by atoms with E-state index in [4.69, 9.17) is 10.2 Å². The van der Waals surface area contributed by atoms with Gasteiger partial charge in [-0.05, 0) is 27.2 Å². The van der Waals surface area contributed by atoms with Gasteiger partial charge >= 0.3 is 6.03 Å². The van der Waals surface area contributed by atoms with Gasteiger partial charge in [-0.1, -0.05) is 93.2 Å². The third kappa shape index (κ3) is 4.19. The van der Waals surface area contributed by atoms with Crippen LogP contribution in [-0.4, -0.2) is 48.8 Å². The molecular weight excluding hydrogens is 422 g/mol. The Morgan fingerprint density at radius 1 is 1.06 bits per heavy atom. The van der Waals surface area contributed by atoms with Crippen LogP contribution in [0.3, 0.4) is 0 Å². The second-order valence-electron chi connectivity index (χ2n) is 9.18. The van der Waals surface area contributed by atoms with Crippen LogP contribution in [-0.2, 0) is 4.43 Å². The third-order valence-electron chi connectivity index (χ3n) is 6.16. The number of urea groups is 1. The lowest BCUT2D eigenvalue weighted by molar-refractivity contribution is 0.149. The van der Waals surface area contributed by atoms with Crippen molar-refractivity contribution in [3.63, 3.8) is 0 Å². The monoisotopic (exact) mass is 453 g/mol. The van der Waals surface area contributed by atoms with Crippen LogP contribution >= 0.6 is 11.8 Å². The molecule has 2 aliphatic rings. The van der Waals surface area contributed by atoms with E-state index in [2.05, 4.69) is 86.3 Å². The van der Waals surface area contributed by atoms with Crippen LogP contribution in [0.4, 0.5) is 4.79 Å². The summed E-state index contributed by atoms with van der Waals surface area (Å²) in [6, 6.07) is 21.1. The minimum atomic E-state index is -2.58. The van der Waals surface area contributed by atoms with E-state index in [1.165, 1.54) is 10.4 Å². The Morgan fingerprint density at radius 2 is 1.65 bits per heavy atom. The molecule has 5 nitrogen and oxygen atoms in total. The molecule has 0 aromatic heterocycles. The van der Waals surface area contributed by atoms with E-state index in [1.807, 2.05) is 5.41 Å². The van der Waals surface area contributed by atoms with Gasteiger partial charge in [-0.15, -0.1) is 0 Å². The van der Waals surface area contributed by atoms with Gasteiger partial charge in [0, 0.05) is 19.3 Å². The highest BCUT2D eigenvalue weighted by Gasteiger charge is 2.52. The SMILES string of the molecule is CC(C)(C)[Si](O[C@H]1CCN(C2SC=CN2C(N)=O)C1)(c1ccccc1)c1ccccc1. The second-order valence-corrected chi connectivity index (χ2v) is 14.4. The zero-order valence-corrected chi connectivity index (χ0v) is 20.2. The molecule has 0 radical (unpaired) electrons. The maximum Gasteiger partial charge on any atom is 0.320 e. The average molecular weight is 454 g/mol.